The summed E-state index contributed by atoms with van der Waals surface area (Å²) in [6, 6.07) is 5.01. The number of amides is 2. The molecule has 2 fully saturated rings. The summed E-state index contributed by atoms with van der Waals surface area (Å²) in [6.07, 6.45) is 9.28. The monoisotopic (exact) mass is 493 g/mol. The van der Waals surface area contributed by atoms with Gasteiger partial charge in [-0.25, -0.2) is 9.97 Å². The molecule has 5 heterocycles. The van der Waals surface area contributed by atoms with Gasteiger partial charge in [-0.15, -0.1) is 0 Å². The molecule has 0 saturated carbocycles. The number of halogens is 1. The van der Waals surface area contributed by atoms with Crippen molar-refractivity contribution in [1.29, 1.82) is 0 Å². The van der Waals surface area contributed by atoms with Gasteiger partial charge in [-0.2, -0.15) is 0 Å². The van der Waals surface area contributed by atoms with E-state index in [1.54, 1.807) is 28.3 Å². The zero-order valence-corrected chi connectivity index (χ0v) is 19.7. The Morgan fingerprint density at radius 3 is 2.86 bits per heavy atom. The highest BCUT2D eigenvalue weighted by Gasteiger charge is 2.29. The van der Waals surface area contributed by atoms with Crippen LogP contribution in [0.15, 0.2) is 47.8 Å². The molecule has 0 bridgehead atoms. The van der Waals surface area contributed by atoms with E-state index in [1.807, 2.05) is 6.07 Å². The van der Waals surface area contributed by atoms with Crippen molar-refractivity contribution < 1.29 is 9.59 Å². The third-order valence-corrected chi connectivity index (χ3v) is 6.57. The van der Waals surface area contributed by atoms with Crippen LogP contribution in [0.2, 0.25) is 5.02 Å². The number of hydrogen-bond donors (Lipinski definition) is 2. The van der Waals surface area contributed by atoms with Crippen molar-refractivity contribution in [2.75, 3.05) is 29.9 Å². The van der Waals surface area contributed by atoms with Gasteiger partial charge >= 0.3 is 0 Å². The highest BCUT2D eigenvalue weighted by molar-refractivity contribution is 6.31. The zero-order chi connectivity index (χ0) is 24.4. The Bertz CT molecular complexity index is 1330. The average Bonchev–Trinajstić information content (AvgIpc) is 3.31. The molecule has 2 N–H and O–H groups in total. The number of H-pyrrole nitrogens is 1. The van der Waals surface area contributed by atoms with Gasteiger partial charge in [0.2, 0.25) is 11.9 Å². The highest BCUT2D eigenvalue weighted by Crippen LogP contribution is 2.32. The van der Waals surface area contributed by atoms with Crippen LogP contribution in [0.4, 0.5) is 17.3 Å². The predicted octanol–water partition coefficient (Wildman–Crippen LogP) is 3.10. The van der Waals surface area contributed by atoms with Gasteiger partial charge in [-0.05, 0) is 37.5 Å². The van der Waals surface area contributed by atoms with Gasteiger partial charge < -0.3 is 20.1 Å². The van der Waals surface area contributed by atoms with Crippen molar-refractivity contribution in [3.05, 3.63) is 69.6 Å². The van der Waals surface area contributed by atoms with E-state index in [0.29, 0.717) is 48.4 Å². The van der Waals surface area contributed by atoms with E-state index in [2.05, 4.69) is 25.3 Å². The molecule has 0 radical (unpaired) electrons. The van der Waals surface area contributed by atoms with Crippen LogP contribution in [0.5, 0.6) is 0 Å². The number of likely N-dealkylation sites (tertiary alicyclic amines) is 1. The highest BCUT2D eigenvalue weighted by atomic mass is 35.5. The number of nitrogens with zero attached hydrogens (tertiary/aromatic N) is 5. The molecule has 10 nitrogen and oxygen atoms in total. The topological polar surface area (TPSA) is 124 Å². The first-order chi connectivity index (χ1) is 17.0. The minimum atomic E-state index is -0.405. The van der Waals surface area contributed by atoms with Crippen molar-refractivity contribution in [1.82, 2.24) is 24.8 Å². The fraction of sp³-hybridized carbons (Fsp3) is 0.333. The largest absolute Gasteiger partial charge is 0.338 e. The number of aromatic nitrogens is 4. The van der Waals surface area contributed by atoms with Gasteiger partial charge in [0.05, 0.1) is 40.7 Å². The minimum Gasteiger partial charge on any atom is -0.338 e. The van der Waals surface area contributed by atoms with E-state index < -0.39 is 5.56 Å². The lowest BCUT2D eigenvalue weighted by atomic mass is 9.94. The Hall–Kier alpha value is -3.79. The fourth-order valence-corrected chi connectivity index (χ4v) is 4.81. The van der Waals surface area contributed by atoms with Crippen molar-refractivity contribution in [3.63, 3.8) is 0 Å². The lowest BCUT2D eigenvalue weighted by Gasteiger charge is -2.32. The molecule has 2 aliphatic heterocycles. The van der Waals surface area contributed by atoms with E-state index in [0.717, 1.165) is 24.9 Å². The number of carbonyl (C=O) groups excluding carboxylic acids is 2. The normalized spacial score (nSPS) is 18.1. The number of rotatable bonds is 5. The molecular weight excluding hydrogens is 470 g/mol. The van der Waals surface area contributed by atoms with E-state index in [-0.39, 0.29) is 23.3 Å². The lowest BCUT2D eigenvalue weighted by Crippen LogP contribution is -2.41. The zero-order valence-electron chi connectivity index (χ0n) is 18.9. The number of piperidine rings is 1. The Kier molecular flexibility index (Phi) is 6.45. The van der Waals surface area contributed by atoms with Crippen molar-refractivity contribution in [3.8, 4) is 0 Å². The lowest BCUT2D eigenvalue weighted by molar-refractivity contribution is -0.117. The van der Waals surface area contributed by atoms with Gasteiger partial charge in [0, 0.05) is 38.2 Å². The second kappa shape index (κ2) is 9.83. The van der Waals surface area contributed by atoms with Crippen LogP contribution in [0, 0.1) is 0 Å². The molecule has 2 saturated heterocycles. The molecule has 3 aromatic heterocycles. The number of anilines is 3. The first-order valence-electron chi connectivity index (χ1n) is 11.5. The van der Waals surface area contributed by atoms with Gasteiger partial charge in [0.1, 0.15) is 5.56 Å². The van der Waals surface area contributed by atoms with Gasteiger partial charge in [-0.3, -0.25) is 19.4 Å². The first-order valence-corrected chi connectivity index (χ1v) is 11.9. The quantitative estimate of drug-likeness (QED) is 0.559. The van der Waals surface area contributed by atoms with E-state index in [4.69, 9.17) is 11.6 Å². The molecule has 1 unspecified atom stereocenters. The summed E-state index contributed by atoms with van der Waals surface area (Å²) in [5.74, 6) is 0.0274. The molecule has 11 heteroatoms. The number of carbonyl (C=O) groups is 2. The van der Waals surface area contributed by atoms with Crippen molar-refractivity contribution in [2.24, 2.45) is 0 Å². The fourth-order valence-electron chi connectivity index (χ4n) is 4.57. The number of hydrogen-bond acceptors (Lipinski definition) is 7. The van der Waals surface area contributed by atoms with Crippen LogP contribution in [0.25, 0.3) is 0 Å². The summed E-state index contributed by atoms with van der Waals surface area (Å²) in [5.41, 5.74) is 1.73. The molecule has 1 atom stereocenters. The maximum Gasteiger partial charge on any atom is 0.260 e. The molecule has 0 aliphatic carbocycles. The van der Waals surface area contributed by atoms with Crippen molar-refractivity contribution >= 4 is 40.7 Å². The van der Waals surface area contributed by atoms with Gasteiger partial charge in [-0.1, -0.05) is 11.6 Å². The molecule has 2 aliphatic rings. The molecule has 3 aromatic rings. The Balaban J connectivity index is 1.34. The molecule has 180 valence electrons. The van der Waals surface area contributed by atoms with Crippen LogP contribution in [-0.2, 0) is 4.79 Å². The average molecular weight is 494 g/mol. The van der Waals surface area contributed by atoms with Crippen LogP contribution in [0.1, 0.15) is 47.7 Å². The van der Waals surface area contributed by atoms with Crippen LogP contribution < -0.4 is 15.8 Å². The number of nitrogens with one attached hydrogen (secondary N) is 2. The molecule has 5 rings (SSSR count). The first kappa shape index (κ1) is 23.0. The summed E-state index contributed by atoms with van der Waals surface area (Å²) in [6.45, 7) is 1.64. The standard InChI is InChI=1S/C24H24ClN7O3/c25-19-13-28-24(29-16-10-17(12-26-11-16)32-9-3-6-20(32)33)30-21(19)15-4-2-8-31(14-15)23(35)18-5-1-7-27-22(18)34/h1,5,7,10-13,15H,2-4,6,8-9,14H2,(H,27,34)(H,28,29,30). The second-order valence-corrected chi connectivity index (χ2v) is 9.04. The summed E-state index contributed by atoms with van der Waals surface area (Å²) < 4.78 is 0. The SMILES string of the molecule is O=C(c1ccc[nH]c1=O)N1CCCC(c2nc(Nc3cncc(N4CCCC4=O)c3)ncc2Cl)C1. The maximum absolute atomic E-state index is 12.9. The number of pyridine rings is 2. The molecule has 35 heavy (non-hydrogen) atoms. The molecular formula is C24H24ClN7O3. The van der Waals surface area contributed by atoms with Gasteiger partial charge in [0.15, 0.2) is 0 Å². The molecule has 2 amide bonds. The smallest absolute Gasteiger partial charge is 0.260 e. The van der Waals surface area contributed by atoms with E-state index in [1.165, 1.54) is 18.5 Å². The summed E-state index contributed by atoms with van der Waals surface area (Å²) in [4.78, 5) is 56.2. The third-order valence-electron chi connectivity index (χ3n) is 6.28. The van der Waals surface area contributed by atoms with E-state index >= 15 is 0 Å². The predicted molar refractivity (Wildman–Crippen MR) is 131 cm³/mol. The van der Waals surface area contributed by atoms with Gasteiger partial charge in [0.25, 0.3) is 11.5 Å². The Morgan fingerprint density at radius 1 is 1.17 bits per heavy atom. The third kappa shape index (κ3) is 4.88. The van der Waals surface area contributed by atoms with Crippen LogP contribution in [-0.4, -0.2) is 56.3 Å². The Morgan fingerprint density at radius 2 is 2.06 bits per heavy atom. The van der Waals surface area contributed by atoms with Crippen LogP contribution >= 0.6 is 11.6 Å². The summed E-state index contributed by atoms with van der Waals surface area (Å²) in [7, 11) is 0. The van der Waals surface area contributed by atoms with Crippen LogP contribution in [0.3, 0.4) is 0 Å². The summed E-state index contributed by atoms with van der Waals surface area (Å²) in [5, 5.41) is 3.57. The van der Waals surface area contributed by atoms with Crippen molar-refractivity contribution in [2.45, 2.75) is 31.6 Å². The van der Waals surface area contributed by atoms with E-state index in [9.17, 15) is 14.4 Å². The molecule has 0 spiro atoms. The summed E-state index contributed by atoms with van der Waals surface area (Å²) >= 11 is 6.46. The Labute approximate surface area is 206 Å². The number of aromatic amines is 1. The molecule has 0 aromatic carbocycles. The minimum absolute atomic E-state index is 0.0860. The maximum atomic E-state index is 12.9. The second-order valence-electron chi connectivity index (χ2n) is 8.64.